The molecule has 108 valence electrons. The van der Waals surface area contributed by atoms with E-state index >= 15 is 0 Å². The Balaban J connectivity index is 1.90. The van der Waals surface area contributed by atoms with E-state index in [1.54, 1.807) is 0 Å². The maximum atomic E-state index is 12.3. The fourth-order valence-corrected chi connectivity index (χ4v) is 2.15. The van der Waals surface area contributed by atoms with Gasteiger partial charge in [0.25, 0.3) is 0 Å². The Hall–Kier alpha value is -2.83. The Kier molecular flexibility index (Phi) is 3.78. The molecule has 0 bridgehead atoms. The lowest BCUT2D eigenvalue weighted by atomic mass is 10.1. The molecule has 3 heteroatoms. The minimum Gasteiger partial charge on any atom is -0.444 e. The standard InChI is InChI=1S/C19H14O3/c1-21-19(13-12-15-8-4-2-5-9-15)18(20)14-17(22-19)16-10-6-3-7-11-16/h2-11,14H,1H3. The summed E-state index contributed by atoms with van der Waals surface area (Å²) in [6.45, 7) is 0. The van der Waals surface area contributed by atoms with Crippen molar-refractivity contribution in [3.8, 4) is 11.8 Å². The van der Waals surface area contributed by atoms with Crippen LogP contribution in [0.3, 0.4) is 0 Å². The summed E-state index contributed by atoms with van der Waals surface area (Å²) < 4.78 is 11.0. The summed E-state index contributed by atoms with van der Waals surface area (Å²) in [5.74, 6) is 4.33. The van der Waals surface area contributed by atoms with Gasteiger partial charge in [0, 0.05) is 24.3 Å². The first-order chi connectivity index (χ1) is 10.7. The average molecular weight is 290 g/mol. The van der Waals surface area contributed by atoms with Crippen LogP contribution in [0.25, 0.3) is 5.76 Å². The zero-order chi connectivity index (χ0) is 15.4. The van der Waals surface area contributed by atoms with Crippen LogP contribution in [-0.4, -0.2) is 18.7 Å². The van der Waals surface area contributed by atoms with E-state index in [0.717, 1.165) is 11.1 Å². The highest BCUT2D eigenvalue weighted by atomic mass is 16.7. The normalized spacial score (nSPS) is 19.9. The van der Waals surface area contributed by atoms with Crippen LogP contribution in [0.15, 0.2) is 66.7 Å². The molecule has 22 heavy (non-hydrogen) atoms. The van der Waals surface area contributed by atoms with Crippen LogP contribution < -0.4 is 0 Å². The van der Waals surface area contributed by atoms with E-state index in [1.165, 1.54) is 13.2 Å². The Labute approximate surface area is 129 Å². The predicted octanol–water partition coefficient (Wildman–Crippen LogP) is 3.02. The van der Waals surface area contributed by atoms with E-state index in [1.807, 2.05) is 60.7 Å². The molecule has 3 rings (SSSR count). The highest BCUT2D eigenvalue weighted by Crippen LogP contribution is 2.31. The van der Waals surface area contributed by atoms with Gasteiger partial charge in [0.15, 0.2) is 0 Å². The molecule has 0 saturated carbocycles. The first kappa shape index (κ1) is 14.1. The van der Waals surface area contributed by atoms with Crippen molar-refractivity contribution in [1.82, 2.24) is 0 Å². The Morgan fingerprint density at radius 2 is 1.64 bits per heavy atom. The Morgan fingerprint density at radius 1 is 1.00 bits per heavy atom. The molecule has 1 heterocycles. The average Bonchev–Trinajstić information content (AvgIpc) is 2.92. The molecule has 2 aromatic rings. The molecule has 2 aromatic carbocycles. The first-order valence-corrected chi connectivity index (χ1v) is 6.87. The number of ether oxygens (including phenoxy) is 2. The molecule has 0 N–H and O–H groups in total. The highest BCUT2D eigenvalue weighted by molar-refractivity contribution is 6.06. The van der Waals surface area contributed by atoms with Gasteiger partial charge in [0.2, 0.25) is 5.78 Å². The SMILES string of the molecule is COC1(C#Cc2ccccc2)OC(c2ccccc2)=CC1=O. The number of rotatable bonds is 2. The lowest BCUT2D eigenvalue weighted by Gasteiger charge is -2.20. The van der Waals surface area contributed by atoms with Gasteiger partial charge < -0.3 is 9.47 Å². The van der Waals surface area contributed by atoms with Gasteiger partial charge >= 0.3 is 5.79 Å². The minimum absolute atomic E-state index is 0.308. The van der Waals surface area contributed by atoms with Gasteiger partial charge in [-0.2, -0.15) is 0 Å². The smallest absolute Gasteiger partial charge is 0.341 e. The summed E-state index contributed by atoms with van der Waals surface area (Å²) in [6, 6.07) is 18.8. The van der Waals surface area contributed by atoms with Crippen LogP contribution in [0, 0.1) is 11.8 Å². The fourth-order valence-electron chi connectivity index (χ4n) is 2.15. The van der Waals surface area contributed by atoms with E-state index in [4.69, 9.17) is 9.47 Å². The summed E-state index contributed by atoms with van der Waals surface area (Å²) in [5, 5.41) is 0. The van der Waals surface area contributed by atoms with E-state index in [2.05, 4.69) is 11.8 Å². The monoisotopic (exact) mass is 290 g/mol. The van der Waals surface area contributed by atoms with Gasteiger partial charge in [-0.3, -0.25) is 4.79 Å². The number of ketones is 1. The molecule has 0 saturated heterocycles. The van der Waals surface area contributed by atoms with Gasteiger partial charge in [-0.05, 0) is 18.1 Å². The van der Waals surface area contributed by atoms with Gasteiger partial charge in [0.1, 0.15) is 5.76 Å². The summed E-state index contributed by atoms with van der Waals surface area (Å²) >= 11 is 0. The lowest BCUT2D eigenvalue weighted by Crippen LogP contribution is -2.37. The highest BCUT2D eigenvalue weighted by Gasteiger charge is 2.44. The fraction of sp³-hybridized carbons (Fsp3) is 0.105. The van der Waals surface area contributed by atoms with E-state index in [0.29, 0.717) is 5.76 Å². The van der Waals surface area contributed by atoms with E-state index in [9.17, 15) is 4.79 Å². The number of benzene rings is 2. The molecule has 0 amide bonds. The van der Waals surface area contributed by atoms with Gasteiger partial charge in [-0.15, -0.1) is 0 Å². The first-order valence-electron chi connectivity index (χ1n) is 6.87. The van der Waals surface area contributed by atoms with Crippen LogP contribution in [0.1, 0.15) is 11.1 Å². The van der Waals surface area contributed by atoms with Crippen LogP contribution >= 0.6 is 0 Å². The second-order valence-corrected chi connectivity index (χ2v) is 4.78. The number of hydrogen-bond acceptors (Lipinski definition) is 3. The van der Waals surface area contributed by atoms with Crippen molar-refractivity contribution < 1.29 is 14.3 Å². The molecular weight excluding hydrogens is 276 g/mol. The third kappa shape index (κ3) is 2.65. The maximum Gasteiger partial charge on any atom is 0.341 e. The molecule has 0 radical (unpaired) electrons. The second kappa shape index (κ2) is 5.88. The molecular formula is C19H14O3. The largest absolute Gasteiger partial charge is 0.444 e. The van der Waals surface area contributed by atoms with Gasteiger partial charge in [-0.1, -0.05) is 54.5 Å². The zero-order valence-electron chi connectivity index (χ0n) is 12.1. The zero-order valence-corrected chi connectivity index (χ0v) is 12.1. The van der Waals surface area contributed by atoms with Gasteiger partial charge in [0.05, 0.1) is 0 Å². The molecule has 3 nitrogen and oxygen atoms in total. The van der Waals surface area contributed by atoms with Crippen LogP contribution in [0.2, 0.25) is 0 Å². The van der Waals surface area contributed by atoms with Crippen molar-refractivity contribution >= 4 is 11.5 Å². The van der Waals surface area contributed by atoms with E-state index in [-0.39, 0.29) is 5.78 Å². The molecule has 0 aliphatic carbocycles. The molecule has 1 atom stereocenters. The quantitative estimate of drug-likeness (QED) is 0.798. The third-order valence-electron chi connectivity index (χ3n) is 3.33. The third-order valence-corrected chi connectivity index (χ3v) is 3.33. The second-order valence-electron chi connectivity index (χ2n) is 4.78. The van der Waals surface area contributed by atoms with Gasteiger partial charge in [-0.25, -0.2) is 0 Å². The van der Waals surface area contributed by atoms with Crippen molar-refractivity contribution in [3.05, 3.63) is 77.9 Å². The molecule has 0 fully saturated rings. The topological polar surface area (TPSA) is 35.5 Å². The molecule has 1 unspecified atom stereocenters. The van der Waals surface area contributed by atoms with Crippen LogP contribution in [-0.2, 0) is 14.3 Å². The van der Waals surface area contributed by atoms with Crippen molar-refractivity contribution in [1.29, 1.82) is 0 Å². The van der Waals surface area contributed by atoms with E-state index < -0.39 is 5.79 Å². The summed E-state index contributed by atoms with van der Waals surface area (Å²) in [4.78, 5) is 12.3. The molecule has 0 aromatic heterocycles. The summed E-state index contributed by atoms with van der Waals surface area (Å²) in [6.07, 6.45) is 1.43. The number of carbonyl (C=O) groups excluding carboxylic acids is 1. The van der Waals surface area contributed by atoms with Crippen LogP contribution in [0.5, 0.6) is 0 Å². The maximum absolute atomic E-state index is 12.3. The van der Waals surface area contributed by atoms with Crippen molar-refractivity contribution in [2.45, 2.75) is 5.79 Å². The molecule has 0 spiro atoms. The lowest BCUT2D eigenvalue weighted by molar-refractivity contribution is -0.159. The number of carbonyl (C=O) groups is 1. The summed E-state index contributed by atoms with van der Waals surface area (Å²) in [5.41, 5.74) is 1.61. The van der Waals surface area contributed by atoms with Crippen LogP contribution in [0.4, 0.5) is 0 Å². The number of methoxy groups -OCH3 is 1. The molecule has 1 aliphatic rings. The van der Waals surface area contributed by atoms with Crippen molar-refractivity contribution in [3.63, 3.8) is 0 Å². The van der Waals surface area contributed by atoms with Crippen molar-refractivity contribution in [2.24, 2.45) is 0 Å². The Bertz CT molecular complexity index is 767. The Morgan fingerprint density at radius 3 is 2.27 bits per heavy atom. The van der Waals surface area contributed by atoms with Crippen molar-refractivity contribution in [2.75, 3.05) is 7.11 Å². The number of hydrogen-bond donors (Lipinski definition) is 0. The molecule has 1 aliphatic heterocycles. The summed E-state index contributed by atoms with van der Waals surface area (Å²) in [7, 11) is 1.42. The minimum atomic E-state index is -1.57. The predicted molar refractivity (Wildman–Crippen MR) is 83.6 cm³/mol.